The maximum absolute atomic E-state index is 12.6. The van der Waals surface area contributed by atoms with Crippen LogP contribution in [0.15, 0.2) is 18.3 Å². The average Bonchev–Trinajstić information content (AvgIpc) is 2.90. The highest BCUT2D eigenvalue weighted by Gasteiger charge is 2.21. The van der Waals surface area contributed by atoms with Gasteiger partial charge in [0.05, 0.1) is 0 Å². The molecule has 2 amide bonds. The number of hydrogen-bond acceptors (Lipinski definition) is 4. The van der Waals surface area contributed by atoms with Crippen molar-refractivity contribution >= 4 is 17.5 Å². The molecule has 0 atom stereocenters. The molecule has 1 N–H and O–H groups in total. The minimum absolute atomic E-state index is 0.0730. The van der Waals surface area contributed by atoms with Crippen molar-refractivity contribution in [3.05, 3.63) is 24.0 Å². The SMILES string of the molecule is CC(=O)N1CCN(c2ccnc(C(=O)NC3CCCCCC3)c2)CC1. The summed E-state index contributed by atoms with van der Waals surface area (Å²) in [5.74, 6) is 0.0500. The Kier molecular flexibility index (Phi) is 5.89. The van der Waals surface area contributed by atoms with Gasteiger partial charge in [0.1, 0.15) is 5.69 Å². The summed E-state index contributed by atoms with van der Waals surface area (Å²) in [5.41, 5.74) is 1.49. The summed E-state index contributed by atoms with van der Waals surface area (Å²) >= 11 is 0. The van der Waals surface area contributed by atoms with Crippen molar-refractivity contribution in [3.63, 3.8) is 0 Å². The number of amides is 2. The standard InChI is InChI=1S/C19H28N4O2/c1-15(24)22-10-12-23(13-11-22)17-8-9-20-18(14-17)19(25)21-16-6-4-2-3-5-7-16/h8-9,14,16H,2-7,10-13H2,1H3,(H,21,25). The quantitative estimate of drug-likeness (QED) is 0.854. The number of piperazine rings is 1. The van der Waals surface area contributed by atoms with Crippen LogP contribution in [0.5, 0.6) is 0 Å². The van der Waals surface area contributed by atoms with Crippen molar-refractivity contribution in [2.45, 2.75) is 51.5 Å². The predicted octanol–water partition coefficient (Wildman–Crippen LogP) is 2.20. The van der Waals surface area contributed by atoms with Gasteiger partial charge in [0, 0.05) is 51.0 Å². The van der Waals surface area contributed by atoms with Gasteiger partial charge in [0.15, 0.2) is 0 Å². The topological polar surface area (TPSA) is 65.5 Å². The highest BCUT2D eigenvalue weighted by atomic mass is 16.2. The fraction of sp³-hybridized carbons (Fsp3) is 0.632. The smallest absolute Gasteiger partial charge is 0.270 e. The van der Waals surface area contributed by atoms with E-state index in [1.54, 1.807) is 13.1 Å². The molecule has 1 saturated heterocycles. The van der Waals surface area contributed by atoms with Gasteiger partial charge in [-0.15, -0.1) is 0 Å². The number of aromatic nitrogens is 1. The number of anilines is 1. The van der Waals surface area contributed by atoms with Gasteiger partial charge in [0.2, 0.25) is 5.91 Å². The van der Waals surface area contributed by atoms with Gasteiger partial charge in [0.25, 0.3) is 5.91 Å². The van der Waals surface area contributed by atoms with Crippen molar-refractivity contribution < 1.29 is 9.59 Å². The number of carbonyl (C=O) groups excluding carboxylic acids is 2. The average molecular weight is 344 g/mol. The molecule has 1 aliphatic heterocycles. The van der Waals surface area contributed by atoms with Crippen LogP contribution >= 0.6 is 0 Å². The zero-order chi connectivity index (χ0) is 17.6. The molecule has 0 unspecified atom stereocenters. The minimum atomic E-state index is -0.0730. The highest BCUT2D eigenvalue weighted by Crippen LogP contribution is 2.19. The number of rotatable bonds is 3. The molecule has 6 heteroatoms. The van der Waals surface area contributed by atoms with Crippen LogP contribution in [0.1, 0.15) is 55.9 Å². The van der Waals surface area contributed by atoms with E-state index in [0.717, 1.165) is 44.7 Å². The van der Waals surface area contributed by atoms with E-state index in [1.165, 1.54) is 25.7 Å². The fourth-order valence-corrected chi connectivity index (χ4v) is 3.70. The van der Waals surface area contributed by atoms with E-state index in [-0.39, 0.29) is 17.9 Å². The first-order valence-electron chi connectivity index (χ1n) is 9.41. The van der Waals surface area contributed by atoms with Crippen LogP contribution in [0.4, 0.5) is 5.69 Å². The molecule has 0 aromatic carbocycles. The Balaban J connectivity index is 1.61. The van der Waals surface area contributed by atoms with Crippen LogP contribution in [0, 0.1) is 0 Å². The lowest BCUT2D eigenvalue weighted by Crippen LogP contribution is -2.48. The third-order valence-electron chi connectivity index (χ3n) is 5.26. The number of nitrogens with one attached hydrogen (secondary N) is 1. The first kappa shape index (κ1) is 17.7. The Morgan fingerprint density at radius 3 is 2.40 bits per heavy atom. The van der Waals surface area contributed by atoms with Gasteiger partial charge in [-0.05, 0) is 25.0 Å². The molecule has 3 rings (SSSR count). The van der Waals surface area contributed by atoms with E-state index in [9.17, 15) is 9.59 Å². The molecule has 0 radical (unpaired) electrons. The normalized spacial score (nSPS) is 19.4. The van der Waals surface area contributed by atoms with Gasteiger partial charge in [-0.25, -0.2) is 0 Å². The Bertz CT molecular complexity index is 603. The van der Waals surface area contributed by atoms with Crippen LogP contribution in [-0.2, 0) is 4.79 Å². The van der Waals surface area contributed by atoms with Gasteiger partial charge < -0.3 is 15.1 Å². The molecule has 136 valence electrons. The van der Waals surface area contributed by atoms with E-state index in [2.05, 4.69) is 15.2 Å². The highest BCUT2D eigenvalue weighted by molar-refractivity contribution is 5.93. The maximum Gasteiger partial charge on any atom is 0.270 e. The van der Waals surface area contributed by atoms with Crippen LogP contribution < -0.4 is 10.2 Å². The molecule has 2 fully saturated rings. The Morgan fingerprint density at radius 1 is 1.08 bits per heavy atom. The lowest BCUT2D eigenvalue weighted by molar-refractivity contribution is -0.129. The van der Waals surface area contributed by atoms with Crippen molar-refractivity contribution in [3.8, 4) is 0 Å². The van der Waals surface area contributed by atoms with Crippen molar-refractivity contribution in [2.24, 2.45) is 0 Å². The fourth-order valence-electron chi connectivity index (χ4n) is 3.70. The van der Waals surface area contributed by atoms with E-state index in [4.69, 9.17) is 0 Å². The summed E-state index contributed by atoms with van der Waals surface area (Å²) in [6.45, 7) is 4.63. The molecule has 1 aliphatic carbocycles. The zero-order valence-electron chi connectivity index (χ0n) is 15.0. The Hall–Kier alpha value is -2.11. The number of pyridine rings is 1. The summed E-state index contributed by atoms with van der Waals surface area (Å²) < 4.78 is 0. The van der Waals surface area contributed by atoms with Crippen molar-refractivity contribution in [1.82, 2.24) is 15.2 Å². The summed E-state index contributed by atoms with van der Waals surface area (Å²) in [7, 11) is 0. The first-order valence-corrected chi connectivity index (χ1v) is 9.41. The van der Waals surface area contributed by atoms with Crippen LogP contribution in [0.3, 0.4) is 0 Å². The van der Waals surface area contributed by atoms with E-state index in [1.807, 2.05) is 17.0 Å². The van der Waals surface area contributed by atoms with Crippen LogP contribution in [0.25, 0.3) is 0 Å². The summed E-state index contributed by atoms with van der Waals surface area (Å²) in [5, 5.41) is 3.15. The van der Waals surface area contributed by atoms with Crippen LogP contribution in [-0.4, -0.2) is 53.9 Å². The van der Waals surface area contributed by atoms with Crippen molar-refractivity contribution in [2.75, 3.05) is 31.1 Å². The van der Waals surface area contributed by atoms with E-state index < -0.39 is 0 Å². The Labute approximate surface area is 149 Å². The van der Waals surface area contributed by atoms with Gasteiger partial charge in [-0.3, -0.25) is 14.6 Å². The summed E-state index contributed by atoms with van der Waals surface area (Å²) in [6, 6.07) is 4.08. The molecule has 2 aliphatic rings. The third-order valence-corrected chi connectivity index (χ3v) is 5.26. The largest absolute Gasteiger partial charge is 0.368 e. The third kappa shape index (κ3) is 4.71. The monoisotopic (exact) mass is 344 g/mol. The molecule has 0 spiro atoms. The summed E-state index contributed by atoms with van der Waals surface area (Å²) in [4.78, 5) is 32.3. The number of nitrogens with zero attached hydrogens (tertiary/aromatic N) is 3. The molecule has 6 nitrogen and oxygen atoms in total. The molecule has 1 aromatic heterocycles. The molecule has 0 bridgehead atoms. The second-order valence-electron chi connectivity index (χ2n) is 7.05. The predicted molar refractivity (Wildman–Crippen MR) is 97.7 cm³/mol. The lowest BCUT2D eigenvalue weighted by atomic mass is 10.1. The molecule has 25 heavy (non-hydrogen) atoms. The molecule has 2 heterocycles. The number of hydrogen-bond donors (Lipinski definition) is 1. The molecular formula is C19H28N4O2. The zero-order valence-corrected chi connectivity index (χ0v) is 15.0. The first-order chi connectivity index (χ1) is 12.1. The van der Waals surface area contributed by atoms with E-state index >= 15 is 0 Å². The molecule has 1 saturated carbocycles. The second-order valence-corrected chi connectivity index (χ2v) is 7.05. The summed E-state index contributed by atoms with van der Waals surface area (Å²) in [6.07, 6.45) is 8.77. The maximum atomic E-state index is 12.6. The van der Waals surface area contributed by atoms with Crippen molar-refractivity contribution in [1.29, 1.82) is 0 Å². The van der Waals surface area contributed by atoms with E-state index in [0.29, 0.717) is 5.69 Å². The van der Waals surface area contributed by atoms with Gasteiger partial charge in [-0.1, -0.05) is 25.7 Å². The minimum Gasteiger partial charge on any atom is -0.368 e. The molecule has 1 aromatic rings. The lowest BCUT2D eigenvalue weighted by Gasteiger charge is -2.35. The second kappa shape index (κ2) is 8.32. The van der Waals surface area contributed by atoms with Crippen LogP contribution in [0.2, 0.25) is 0 Å². The van der Waals surface area contributed by atoms with Gasteiger partial charge >= 0.3 is 0 Å². The number of carbonyl (C=O) groups is 2. The van der Waals surface area contributed by atoms with Gasteiger partial charge in [-0.2, -0.15) is 0 Å². The Morgan fingerprint density at radius 2 is 1.76 bits per heavy atom. The molecular weight excluding hydrogens is 316 g/mol.